The lowest BCUT2D eigenvalue weighted by molar-refractivity contribution is -0.157. The maximum absolute atomic E-state index is 12.1. The van der Waals surface area contributed by atoms with Crippen LogP contribution in [0, 0.1) is 11.3 Å². The summed E-state index contributed by atoms with van der Waals surface area (Å²) in [5, 5.41) is 8.40. The van der Waals surface area contributed by atoms with Crippen LogP contribution in [0.25, 0.3) is 0 Å². The van der Waals surface area contributed by atoms with E-state index < -0.39 is 23.7 Å². The second-order valence-corrected chi connectivity index (χ2v) is 3.40. The van der Waals surface area contributed by atoms with Crippen molar-refractivity contribution in [2.45, 2.75) is 26.2 Å². The van der Waals surface area contributed by atoms with E-state index in [1.807, 2.05) is 0 Å². The van der Waals surface area contributed by atoms with Gasteiger partial charge in [-0.3, -0.25) is 4.79 Å². The van der Waals surface area contributed by atoms with E-state index in [0.29, 0.717) is 0 Å². The molecule has 1 saturated carbocycles. The number of hydrogen-bond donors (Lipinski definition) is 1. The molecule has 0 saturated heterocycles. The van der Waals surface area contributed by atoms with Crippen LogP contribution in [0.4, 0.5) is 8.78 Å². The van der Waals surface area contributed by atoms with Crippen LogP contribution in [0.3, 0.4) is 0 Å². The SMILES string of the molecule is CC1(C(F)F)CC(C(=O)O)C1. The van der Waals surface area contributed by atoms with Gasteiger partial charge in [-0.2, -0.15) is 0 Å². The van der Waals surface area contributed by atoms with Crippen molar-refractivity contribution in [3.63, 3.8) is 0 Å². The molecule has 1 fully saturated rings. The van der Waals surface area contributed by atoms with Gasteiger partial charge in [0.15, 0.2) is 0 Å². The first-order valence-electron chi connectivity index (χ1n) is 3.47. The van der Waals surface area contributed by atoms with E-state index in [1.54, 1.807) is 0 Å². The number of carboxylic acid groups (broad SMARTS) is 1. The van der Waals surface area contributed by atoms with E-state index >= 15 is 0 Å². The lowest BCUT2D eigenvalue weighted by atomic mass is 9.63. The summed E-state index contributed by atoms with van der Waals surface area (Å²) in [6.45, 7) is 1.43. The van der Waals surface area contributed by atoms with E-state index in [0.717, 1.165) is 0 Å². The Morgan fingerprint density at radius 1 is 1.64 bits per heavy atom. The quantitative estimate of drug-likeness (QED) is 0.675. The Labute approximate surface area is 63.2 Å². The highest BCUT2D eigenvalue weighted by atomic mass is 19.3. The highest BCUT2D eigenvalue weighted by Crippen LogP contribution is 2.49. The van der Waals surface area contributed by atoms with Crippen molar-refractivity contribution >= 4 is 5.97 Å². The largest absolute Gasteiger partial charge is 0.481 e. The molecule has 1 aliphatic rings. The Hall–Kier alpha value is -0.670. The Balaban J connectivity index is 2.44. The van der Waals surface area contributed by atoms with Gasteiger partial charge in [0.2, 0.25) is 6.43 Å². The molecule has 0 spiro atoms. The Bertz CT molecular complexity index is 173. The number of halogens is 2. The summed E-state index contributed by atoms with van der Waals surface area (Å²) in [7, 11) is 0. The molecule has 11 heavy (non-hydrogen) atoms. The van der Waals surface area contributed by atoms with Crippen molar-refractivity contribution in [1.29, 1.82) is 0 Å². The molecule has 0 bridgehead atoms. The van der Waals surface area contributed by atoms with Gasteiger partial charge in [0.05, 0.1) is 5.92 Å². The van der Waals surface area contributed by atoms with Crippen LogP contribution in [0.1, 0.15) is 19.8 Å². The van der Waals surface area contributed by atoms with Gasteiger partial charge in [-0.1, -0.05) is 6.92 Å². The molecular weight excluding hydrogens is 154 g/mol. The zero-order chi connectivity index (χ0) is 8.65. The number of aliphatic carboxylic acids is 1. The molecule has 1 rings (SSSR count). The third kappa shape index (κ3) is 1.34. The molecule has 64 valence electrons. The van der Waals surface area contributed by atoms with E-state index in [-0.39, 0.29) is 12.8 Å². The molecule has 2 nitrogen and oxygen atoms in total. The monoisotopic (exact) mass is 164 g/mol. The van der Waals surface area contributed by atoms with Crippen molar-refractivity contribution in [2.24, 2.45) is 11.3 Å². The first-order chi connectivity index (χ1) is 4.96. The molecule has 0 aromatic carbocycles. The fraction of sp³-hybridized carbons (Fsp3) is 0.857. The predicted octanol–water partition coefficient (Wildman–Crippen LogP) is 1.75. The van der Waals surface area contributed by atoms with Crippen molar-refractivity contribution in [2.75, 3.05) is 0 Å². The zero-order valence-corrected chi connectivity index (χ0v) is 6.18. The molecule has 1 N–H and O–H groups in total. The lowest BCUT2D eigenvalue weighted by Crippen LogP contribution is -2.43. The minimum absolute atomic E-state index is 0.111. The summed E-state index contributed by atoms with van der Waals surface area (Å²) in [5.41, 5.74) is -1.04. The topological polar surface area (TPSA) is 37.3 Å². The van der Waals surface area contributed by atoms with Crippen molar-refractivity contribution in [1.82, 2.24) is 0 Å². The van der Waals surface area contributed by atoms with E-state index in [9.17, 15) is 13.6 Å². The van der Waals surface area contributed by atoms with Gasteiger partial charge in [0.25, 0.3) is 0 Å². The summed E-state index contributed by atoms with van der Waals surface area (Å²) in [6.07, 6.45) is -2.17. The Morgan fingerprint density at radius 3 is 2.36 bits per heavy atom. The van der Waals surface area contributed by atoms with Crippen LogP contribution in [0.15, 0.2) is 0 Å². The molecular formula is C7H10F2O2. The summed E-state index contributed by atoms with van der Waals surface area (Å²) >= 11 is 0. The fourth-order valence-electron chi connectivity index (χ4n) is 1.42. The molecule has 0 heterocycles. The van der Waals surface area contributed by atoms with E-state index in [4.69, 9.17) is 5.11 Å². The average molecular weight is 164 g/mol. The molecule has 0 amide bonds. The summed E-state index contributed by atoms with van der Waals surface area (Å²) in [5.74, 6) is -1.50. The lowest BCUT2D eigenvalue weighted by Gasteiger charge is -2.42. The van der Waals surface area contributed by atoms with Crippen LogP contribution in [0.5, 0.6) is 0 Å². The van der Waals surface area contributed by atoms with Gasteiger partial charge in [0, 0.05) is 5.41 Å². The van der Waals surface area contributed by atoms with Gasteiger partial charge in [-0.15, -0.1) is 0 Å². The summed E-state index contributed by atoms with van der Waals surface area (Å²) in [6, 6.07) is 0. The molecule has 0 aromatic rings. The van der Waals surface area contributed by atoms with Gasteiger partial charge in [0.1, 0.15) is 0 Å². The second-order valence-electron chi connectivity index (χ2n) is 3.40. The standard InChI is InChI=1S/C7H10F2O2/c1-7(6(8)9)2-4(3-7)5(10)11/h4,6H,2-3H2,1H3,(H,10,11). The van der Waals surface area contributed by atoms with Crippen LogP contribution in [0.2, 0.25) is 0 Å². The zero-order valence-electron chi connectivity index (χ0n) is 6.18. The molecule has 4 heteroatoms. The van der Waals surface area contributed by atoms with Crippen LogP contribution in [-0.4, -0.2) is 17.5 Å². The number of alkyl halides is 2. The Kier molecular flexibility index (Phi) is 1.86. The van der Waals surface area contributed by atoms with Crippen molar-refractivity contribution in [3.8, 4) is 0 Å². The minimum atomic E-state index is -2.39. The van der Waals surface area contributed by atoms with E-state index in [2.05, 4.69) is 0 Å². The predicted molar refractivity (Wildman–Crippen MR) is 34.5 cm³/mol. The number of hydrogen-bond acceptors (Lipinski definition) is 1. The van der Waals surface area contributed by atoms with Crippen molar-refractivity contribution < 1.29 is 18.7 Å². The first-order valence-corrected chi connectivity index (χ1v) is 3.47. The molecule has 0 aromatic heterocycles. The molecule has 0 radical (unpaired) electrons. The highest BCUT2D eigenvalue weighted by Gasteiger charge is 2.49. The maximum Gasteiger partial charge on any atom is 0.306 e. The van der Waals surface area contributed by atoms with Gasteiger partial charge in [-0.05, 0) is 12.8 Å². The van der Waals surface area contributed by atoms with Crippen LogP contribution >= 0.6 is 0 Å². The third-order valence-corrected chi connectivity index (χ3v) is 2.30. The third-order valence-electron chi connectivity index (χ3n) is 2.30. The minimum Gasteiger partial charge on any atom is -0.481 e. The Morgan fingerprint density at radius 2 is 2.09 bits per heavy atom. The smallest absolute Gasteiger partial charge is 0.306 e. The van der Waals surface area contributed by atoms with Crippen LogP contribution in [-0.2, 0) is 4.79 Å². The number of carbonyl (C=O) groups is 1. The highest BCUT2D eigenvalue weighted by molar-refractivity contribution is 5.71. The average Bonchev–Trinajstić information content (AvgIpc) is 1.79. The summed E-state index contributed by atoms with van der Waals surface area (Å²) < 4.78 is 24.2. The molecule has 1 aliphatic carbocycles. The van der Waals surface area contributed by atoms with Crippen molar-refractivity contribution in [3.05, 3.63) is 0 Å². The second kappa shape index (κ2) is 2.43. The first kappa shape index (κ1) is 8.43. The van der Waals surface area contributed by atoms with Gasteiger partial charge < -0.3 is 5.11 Å². The van der Waals surface area contributed by atoms with E-state index in [1.165, 1.54) is 6.92 Å². The fourth-order valence-corrected chi connectivity index (χ4v) is 1.42. The van der Waals surface area contributed by atoms with Gasteiger partial charge in [-0.25, -0.2) is 8.78 Å². The van der Waals surface area contributed by atoms with Gasteiger partial charge >= 0.3 is 5.97 Å². The number of carboxylic acids is 1. The maximum atomic E-state index is 12.1. The molecule has 0 unspecified atom stereocenters. The summed E-state index contributed by atoms with van der Waals surface area (Å²) in [4.78, 5) is 10.2. The molecule has 0 atom stereocenters. The number of rotatable bonds is 2. The molecule has 0 aliphatic heterocycles. The normalized spacial score (nSPS) is 36.9. The van der Waals surface area contributed by atoms with Crippen LogP contribution < -0.4 is 0 Å².